The summed E-state index contributed by atoms with van der Waals surface area (Å²) in [7, 11) is 0. The first-order valence-corrected chi connectivity index (χ1v) is 9.79. The number of benzene rings is 1. The molecule has 6 nitrogen and oxygen atoms in total. The molecule has 3 heterocycles. The summed E-state index contributed by atoms with van der Waals surface area (Å²) in [5.74, 6) is 0.0868. The van der Waals surface area contributed by atoms with E-state index in [1.807, 2.05) is 4.90 Å². The quantitative estimate of drug-likeness (QED) is 0.875. The van der Waals surface area contributed by atoms with E-state index >= 15 is 0 Å². The van der Waals surface area contributed by atoms with Gasteiger partial charge < -0.3 is 15.5 Å². The number of amides is 3. The lowest BCUT2D eigenvalue weighted by molar-refractivity contribution is -0.136. The van der Waals surface area contributed by atoms with Crippen LogP contribution in [0.4, 0.5) is 4.79 Å². The van der Waals surface area contributed by atoms with Crippen LogP contribution >= 0.6 is 0 Å². The number of hydrogen-bond donors (Lipinski definition) is 1. The molecule has 140 valence electrons. The molecule has 3 aliphatic rings. The summed E-state index contributed by atoms with van der Waals surface area (Å²) in [4.78, 5) is 30.4. The van der Waals surface area contributed by atoms with Gasteiger partial charge in [-0.3, -0.25) is 9.69 Å². The summed E-state index contributed by atoms with van der Waals surface area (Å²) >= 11 is 0. The van der Waals surface area contributed by atoms with Gasteiger partial charge in [0.2, 0.25) is 5.91 Å². The van der Waals surface area contributed by atoms with Crippen LogP contribution < -0.4 is 5.73 Å². The number of hydrogen-bond acceptors (Lipinski definition) is 3. The van der Waals surface area contributed by atoms with Crippen molar-refractivity contribution in [2.45, 2.75) is 50.7 Å². The number of fused-ring (bicyclic) bond motifs is 1. The zero-order chi connectivity index (χ0) is 18.1. The molecule has 1 aromatic rings. The van der Waals surface area contributed by atoms with Gasteiger partial charge in [0.05, 0.1) is 0 Å². The Morgan fingerprint density at radius 2 is 1.69 bits per heavy atom. The number of carbonyl (C=O) groups excluding carboxylic acids is 2. The number of likely N-dealkylation sites (tertiary alicyclic amines) is 2. The van der Waals surface area contributed by atoms with Crippen LogP contribution in [0.3, 0.4) is 0 Å². The molecule has 2 N–H and O–H groups in total. The molecule has 2 fully saturated rings. The summed E-state index contributed by atoms with van der Waals surface area (Å²) < 4.78 is 0. The number of nitrogens with two attached hydrogens (primary N) is 1. The molecule has 26 heavy (non-hydrogen) atoms. The van der Waals surface area contributed by atoms with E-state index in [2.05, 4.69) is 29.2 Å². The van der Waals surface area contributed by atoms with Gasteiger partial charge in [0, 0.05) is 38.8 Å². The van der Waals surface area contributed by atoms with Crippen LogP contribution in [0.25, 0.3) is 0 Å². The van der Waals surface area contributed by atoms with E-state index in [9.17, 15) is 9.59 Å². The van der Waals surface area contributed by atoms with Crippen molar-refractivity contribution in [1.29, 1.82) is 0 Å². The molecule has 2 saturated heterocycles. The molecular weight excluding hydrogens is 328 g/mol. The maximum absolute atomic E-state index is 12.8. The van der Waals surface area contributed by atoms with Crippen molar-refractivity contribution in [3.05, 3.63) is 35.4 Å². The third-order valence-electron chi connectivity index (χ3n) is 6.27. The van der Waals surface area contributed by atoms with Crippen molar-refractivity contribution in [1.82, 2.24) is 14.7 Å². The number of nitrogens with zero attached hydrogens (tertiary/aromatic N) is 3. The second-order valence-corrected chi connectivity index (χ2v) is 7.74. The van der Waals surface area contributed by atoms with Crippen LogP contribution in [0.2, 0.25) is 0 Å². The van der Waals surface area contributed by atoms with Gasteiger partial charge in [-0.25, -0.2) is 4.79 Å². The average molecular weight is 356 g/mol. The fraction of sp³-hybridized carbons (Fsp3) is 0.600. The third-order valence-corrected chi connectivity index (χ3v) is 6.27. The summed E-state index contributed by atoms with van der Waals surface area (Å²) in [5, 5.41) is 0. The summed E-state index contributed by atoms with van der Waals surface area (Å²) in [6.07, 6.45) is 4.74. The number of primary amides is 1. The first-order valence-electron chi connectivity index (χ1n) is 9.79. The fourth-order valence-corrected chi connectivity index (χ4v) is 4.78. The molecule has 6 heteroatoms. The smallest absolute Gasteiger partial charge is 0.315 e. The lowest BCUT2D eigenvalue weighted by Gasteiger charge is -2.41. The lowest BCUT2D eigenvalue weighted by atomic mass is 9.95. The predicted octanol–water partition coefficient (Wildman–Crippen LogP) is 1.58. The molecular formula is C20H28N4O2. The second-order valence-electron chi connectivity index (χ2n) is 7.74. The van der Waals surface area contributed by atoms with Crippen LogP contribution in [0.15, 0.2) is 24.3 Å². The summed E-state index contributed by atoms with van der Waals surface area (Å²) in [6.45, 7) is 4.30. The van der Waals surface area contributed by atoms with Crippen LogP contribution in [-0.4, -0.2) is 64.9 Å². The standard InChI is InChI=1S/C20H28N4O2/c21-20(26)24-10-3-6-18(24)19(25)22-12-8-17(9-13-22)23-11-7-15-4-1-2-5-16(15)14-23/h1-2,4-5,17-18H,3,6-14H2,(H2,21,26)/t18-/m1/s1. The lowest BCUT2D eigenvalue weighted by Crippen LogP contribution is -2.53. The van der Waals surface area contributed by atoms with Crippen molar-refractivity contribution >= 4 is 11.9 Å². The van der Waals surface area contributed by atoms with Gasteiger partial charge in [-0.15, -0.1) is 0 Å². The number of piperidine rings is 1. The molecule has 1 atom stereocenters. The van der Waals surface area contributed by atoms with Gasteiger partial charge in [0.1, 0.15) is 6.04 Å². The molecule has 3 amide bonds. The first-order chi connectivity index (χ1) is 12.6. The van der Waals surface area contributed by atoms with Gasteiger partial charge in [-0.05, 0) is 43.2 Å². The Balaban J connectivity index is 1.33. The SMILES string of the molecule is NC(=O)N1CCC[C@@H]1C(=O)N1CCC(N2CCc3ccccc3C2)CC1. The molecule has 0 saturated carbocycles. The highest BCUT2D eigenvalue weighted by Crippen LogP contribution is 2.26. The average Bonchev–Trinajstić information content (AvgIpc) is 3.17. The van der Waals surface area contributed by atoms with E-state index in [1.165, 1.54) is 16.0 Å². The normalized spacial score (nSPS) is 24.5. The molecule has 3 aliphatic heterocycles. The Hall–Kier alpha value is -2.08. The summed E-state index contributed by atoms with van der Waals surface area (Å²) in [6, 6.07) is 8.45. The highest BCUT2D eigenvalue weighted by atomic mass is 16.2. The van der Waals surface area contributed by atoms with E-state index in [4.69, 9.17) is 5.73 Å². The van der Waals surface area contributed by atoms with Gasteiger partial charge in [-0.1, -0.05) is 24.3 Å². The fourth-order valence-electron chi connectivity index (χ4n) is 4.78. The van der Waals surface area contributed by atoms with E-state index < -0.39 is 6.03 Å². The predicted molar refractivity (Wildman–Crippen MR) is 99.5 cm³/mol. The van der Waals surface area contributed by atoms with E-state index in [0.29, 0.717) is 12.6 Å². The Kier molecular flexibility index (Phi) is 4.85. The highest BCUT2D eigenvalue weighted by Gasteiger charge is 2.37. The van der Waals surface area contributed by atoms with Gasteiger partial charge in [-0.2, -0.15) is 0 Å². The first kappa shape index (κ1) is 17.3. The molecule has 0 unspecified atom stereocenters. The van der Waals surface area contributed by atoms with Crippen molar-refractivity contribution in [2.24, 2.45) is 5.73 Å². The highest BCUT2D eigenvalue weighted by molar-refractivity contribution is 5.87. The van der Waals surface area contributed by atoms with Crippen molar-refractivity contribution in [3.8, 4) is 0 Å². The molecule has 0 spiro atoms. The molecule has 1 aromatic carbocycles. The number of carbonyl (C=O) groups is 2. The molecule has 0 radical (unpaired) electrons. The van der Waals surface area contributed by atoms with Crippen molar-refractivity contribution in [2.75, 3.05) is 26.2 Å². The van der Waals surface area contributed by atoms with E-state index in [-0.39, 0.29) is 11.9 Å². The molecule has 0 aromatic heterocycles. The minimum atomic E-state index is -0.470. The summed E-state index contributed by atoms with van der Waals surface area (Å²) in [5.41, 5.74) is 8.34. The number of rotatable bonds is 2. The van der Waals surface area contributed by atoms with Crippen LogP contribution in [0, 0.1) is 0 Å². The van der Waals surface area contributed by atoms with E-state index in [1.54, 1.807) is 0 Å². The van der Waals surface area contributed by atoms with Crippen LogP contribution in [0.1, 0.15) is 36.8 Å². The van der Waals surface area contributed by atoms with Gasteiger partial charge in [0.25, 0.3) is 0 Å². The molecule has 4 rings (SSSR count). The van der Waals surface area contributed by atoms with Crippen LogP contribution in [0.5, 0.6) is 0 Å². The minimum absolute atomic E-state index is 0.0868. The maximum atomic E-state index is 12.8. The largest absolute Gasteiger partial charge is 0.351 e. The van der Waals surface area contributed by atoms with Crippen LogP contribution in [-0.2, 0) is 17.8 Å². The topological polar surface area (TPSA) is 69.9 Å². The van der Waals surface area contributed by atoms with E-state index in [0.717, 1.165) is 58.3 Å². The Labute approximate surface area is 154 Å². The monoisotopic (exact) mass is 356 g/mol. The Bertz CT molecular complexity index is 684. The zero-order valence-corrected chi connectivity index (χ0v) is 15.3. The maximum Gasteiger partial charge on any atom is 0.315 e. The molecule has 0 aliphatic carbocycles. The molecule has 0 bridgehead atoms. The second kappa shape index (κ2) is 7.27. The van der Waals surface area contributed by atoms with Gasteiger partial charge in [0.15, 0.2) is 0 Å². The Morgan fingerprint density at radius 1 is 0.962 bits per heavy atom. The van der Waals surface area contributed by atoms with Gasteiger partial charge >= 0.3 is 6.03 Å². The Morgan fingerprint density at radius 3 is 2.42 bits per heavy atom. The van der Waals surface area contributed by atoms with Crippen molar-refractivity contribution in [3.63, 3.8) is 0 Å². The number of urea groups is 1. The third kappa shape index (κ3) is 3.30. The van der Waals surface area contributed by atoms with Crippen molar-refractivity contribution < 1.29 is 9.59 Å². The zero-order valence-electron chi connectivity index (χ0n) is 15.3. The minimum Gasteiger partial charge on any atom is -0.351 e.